The molecule has 0 aliphatic carbocycles. The number of aryl methyl sites for hydroxylation is 3. The van der Waals surface area contributed by atoms with Crippen LogP contribution in [0.1, 0.15) is 26.7 Å². The molecule has 0 aliphatic rings. The lowest BCUT2D eigenvalue weighted by Gasteiger charge is -2.04. The number of rotatable bonds is 4. The van der Waals surface area contributed by atoms with Crippen LogP contribution in [-0.2, 0) is 12.8 Å². The zero-order chi connectivity index (χ0) is 12.3. The van der Waals surface area contributed by atoms with E-state index in [1.165, 1.54) is 16.7 Å². The molecule has 4 heteroatoms. The molecule has 0 spiro atoms. The van der Waals surface area contributed by atoms with Crippen LogP contribution in [0.2, 0.25) is 0 Å². The molecule has 0 bridgehead atoms. The van der Waals surface area contributed by atoms with Crippen molar-refractivity contribution in [2.45, 2.75) is 26.7 Å². The summed E-state index contributed by atoms with van der Waals surface area (Å²) >= 11 is 7.35. The van der Waals surface area contributed by atoms with E-state index in [0.717, 1.165) is 22.9 Å². The number of hydrogen-bond acceptors (Lipinski definition) is 3. The highest BCUT2D eigenvalue weighted by molar-refractivity contribution is 7.11. The van der Waals surface area contributed by atoms with Gasteiger partial charge < -0.3 is 0 Å². The van der Waals surface area contributed by atoms with Gasteiger partial charge in [-0.3, -0.25) is 0 Å². The molecule has 2 nitrogen and oxygen atoms in total. The van der Waals surface area contributed by atoms with Crippen LogP contribution in [0.4, 0.5) is 0 Å². The van der Waals surface area contributed by atoms with Gasteiger partial charge in [0.1, 0.15) is 10.0 Å². The van der Waals surface area contributed by atoms with Crippen LogP contribution in [0.5, 0.6) is 0 Å². The third-order valence-electron chi connectivity index (χ3n) is 2.66. The Kier molecular flexibility index (Phi) is 4.13. The van der Waals surface area contributed by atoms with E-state index in [2.05, 4.69) is 42.2 Å². The third-order valence-corrected chi connectivity index (χ3v) is 3.84. The summed E-state index contributed by atoms with van der Waals surface area (Å²) < 4.78 is 0. The van der Waals surface area contributed by atoms with Crippen LogP contribution in [0.15, 0.2) is 18.2 Å². The molecule has 0 N–H and O–H groups in total. The van der Waals surface area contributed by atoms with E-state index in [1.807, 2.05) is 0 Å². The fourth-order valence-corrected chi connectivity index (χ4v) is 2.85. The lowest BCUT2D eigenvalue weighted by atomic mass is 10.0. The van der Waals surface area contributed by atoms with Crippen molar-refractivity contribution in [3.05, 3.63) is 44.9 Å². The van der Waals surface area contributed by atoms with Gasteiger partial charge in [0.15, 0.2) is 0 Å². The Morgan fingerprint density at radius 1 is 1.18 bits per heavy atom. The first-order valence-electron chi connectivity index (χ1n) is 5.62. The lowest BCUT2D eigenvalue weighted by molar-refractivity contribution is 0.945. The summed E-state index contributed by atoms with van der Waals surface area (Å²) in [7, 11) is 0. The van der Waals surface area contributed by atoms with Crippen molar-refractivity contribution in [1.29, 1.82) is 0 Å². The second kappa shape index (κ2) is 5.61. The van der Waals surface area contributed by atoms with Crippen LogP contribution in [-0.4, -0.2) is 16.1 Å². The second-order valence-electron chi connectivity index (χ2n) is 4.14. The van der Waals surface area contributed by atoms with Crippen LogP contribution in [0.3, 0.4) is 0 Å². The van der Waals surface area contributed by atoms with Gasteiger partial charge in [0.05, 0.1) is 0 Å². The molecule has 90 valence electrons. The Morgan fingerprint density at radius 2 is 1.94 bits per heavy atom. The average Bonchev–Trinajstić information content (AvgIpc) is 2.72. The molecule has 0 unspecified atom stereocenters. The number of nitrogens with zero attached hydrogens (tertiary/aromatic N) is 2. The van der Waals surface area contributed by atoms with Crippen molar-refractivity contribution in [3.63, 3.8) is 0 Å². The molecule has 1 heterocycles. The molecule has 1 aromatic carbocycles. The maximum atomic E-state index is 5.69. The van der Waals surface area contributed by atoms with E-state index in [4.69, 9.17) is 11.6 Å². The second-order valence-corrected chi connectivity index (χ2v) is 5.66. The van der Waals surface area contributed by atoms with Crippen molar-refractivity contribution < 1.29 is 0 Å². The van der Waals surface area contributed by atoms with Gasteiger partial charge in [0.25, 0.3) is 0 Å². The molecule has 0 amide bonds. The molecule has 0 saturated heterocycles. The van der Waals surface area contributed by atoms with Crippen molar-refractivity contribution in [1.82, 2.24) is 10.2 Å². The highest BCUT2D eigenvalue weighted by Crippen LogP contribution is 2.18. The third kappa shape index (κ3) is 3.27. The van der Waals surface area contributed by atoms with Gasteiger partial charge in [-0.25, -0.2) is 0 Å². The summed E-state index contributed by atoms with van der Waals surface area (Å²) in [6.45, 7) is 4.25. The molecule has 0 atom stereocenters. The summed E-state index contributed by atoms with van der Waals surface area (Å²) in [6, 6.07) is 6.52. The topological polar surface area (TPSA) is 25.8 Å². The first kappa shape index (κ1) is 12.5. The summed E-state index contributed by atoms with van der Waals surface area (Å²) in [5, 5.41) is 10.4. The largest absolute Gasteiger partial charge is 0.144 e. The molecule has 1 aromatic heterocycles. The zero-order valence-corrected chi connectivity index (χ0v) is 11.6. The molecule has 0 aliphatic heterocycles. The Labute approximate surface area is 111 Å². The van der Waals surface area contributed by atoms with Gasteiger partial charge in [-0.1, -0.05) is 23.8 Å². The number of hydrogen-bond donors (Lipinski definition) is 0. The van der Waals surface area contributed by atoms with Gasteiger partial charge >= 0.3 is 0 Å². The van der Waals surface area contributed by atoms with Crippen molar-refractivity contribution in [3.8, 4) is 0 Å². The van der Waals surface area contributed by atoms with Crippen molar-refractivity contribution in [2.75, 3.05) is 5.88 Å². The van der Waals surface area contributed by atoms with Crippen LogP contribution in [0, 0.1) is 13.8 Å². The minimum Gasteiger partial charge on any atom is -0.144 e. The Hall–Kier alpha value is -0.930. The van der Waals surface area contributed by atoms with Gasteiger partial charge in [-0.05, 0) is 25.0 Å². The average molecular weight is 267 g/mol. The number of aromatic nitrogens is 2. The zero-order valence-electron chi connectivity index (χ0n) is 10.0. The number of halogens is 1. The molecule has 0 saturated carbocycles. The first-order valence-corrected chi connectivity index (χ1v) is 6.97. The van der Waals surface area contributed by atoms with Gasteiger partial charge in [0, 0.05) is 18.7 Å². The standard InChI is InChI=1S/C13H15ClN2S/c1-9-3-4-10(2)11(7-9)8-13-16-15-12(17-13)5-6-14/h3-4,7H,5-6,8H2,1-2H3. The highest BCUT2D eigenvalue weighted by atomic mass is 35.5. The molecule has 17 heavy (non-hydrogen) atoms. The quantitative estimate of drug-likeness (QED) is 0.792. The Balaban J connectivity index is 2.16. The molecule has 2 aromatic rings. The fourth-order valence-electron chi connectivity index (χ4n) is 1.70. The Bertz CT molecular complexity index is 508. The van der Waals surface area contributed by atoms with Crippen molar-refractivity contribution in [2.24, 2.45) is 0 Å². The number of alkyl halides is 1. The van der Waals surface area contributed by atoms with Gasteiger partial charge in [-0.15, -0.1) is 33.1 Å². The lowest BCUT2D eigenvalue weighted by Crippen LogP contribution is -1.92. The molecule has 0 fully saturated rings. The number of benzene rings is 1. The summed E-state index contributed by atoms with van der Waals surface area (Å²) in [5.74, 6) is 0.609. The summed E-state index contributed by atoms with van der Waals surface area (Å²) in [6.07, 6.45) is 1.68. The summed E-state index contributed by atoms with van der Waals surface area (Å²) in [5.41, 5.74) is 3.93. The van der Waals surface area contributed by atoms with E-state index < -0.39 is 0 Å². The van der Waals surface area contributed by atoms with Crippen molar-refractivity contribution >= 4 is 22.9 Å². The van der Waals surface area contributed by atoms with Crippen LogP contribution < -0.4 is 0 Å². The minimum atomic E-state index is 0.609. The maximum absolute atomic E-state index is 5.69. The van der Waals surface area contributed by atoms with E-state index in [9.17, 15) is 0 Å². The van der Waals surface area contributed by atoms with E-state index in [-0.39, 0.29) is 0 Å². The maximum Gasteiger partial charge on any atom is 0.121 e. The van der Waals surface area contributed by atoms with Crippen LogP contribution in [0.25, 0.3) is 0 Å². The predicted molar refractivity (Wildman–Crippen MR) is 73.1 cm³/mol. The Morgan fingerprint density at radius 3 is 2.71 bits per heavy atom. The monoisotopic (exact) mass is 266 g/mol. The van der Waals surface area contributed by atoms with E-state index in [1.54, 1.807) is 11.3 Å². The predicted octanol–water partition coefficient (Wildman–Crippen LogP) is 3.53. The first-order chi connectivity index (χ1) is 8.19. The molecular formula is C13H15ClN2S. The van der Waals surface area contributed by atoms with Gasteiger partial charge in [-0.2, -0.15) is 0 Å². The minimum absolute atomic E-state index is 0.609. The molecular weight excluding hydrogens is 252 g/mol. The SMILES string of the molecule is Cc1ccc(C)c(Cc2nnc(CCCl)s2)c1. The summed E-state index contributed by atoms with van der Waals surface area (Å²) in [4.78, 5) is 0. The molecule has 0 radical (unpaired) electrons. The normalized spacial score (nSPS) is 10.8. The smallest absolute Gasteiger partial charge is 0.121 e. The highest BCUT2D eigenvalue weighted by Gasteiger charge is 2.06. The fraction of sp³-hybridized carbons (Fsp3) is 0.385. The molecule has 2 rings (SSSR count). The van der Waals surface area contributed by atoms with Gasteiger partial charge in [0.2, 0.25) is 0 Å². The van der Waals surface area contributed by atoms with E-state index in [0.29, 0.717) is 5.88 Å². The van der Waals surface area contributed by atoms with Crippen LogP contribution >= 0.6 is 22.9 Å². The van der Waals surface area contributed by atoms with E-state index >= 15 is 0 Å².